The molecule has 0 radical (unpaired) electrons. The smallest absolute Gasteiger partial charge is 0.332 e. The van der Waals surface area contributed by atoms with E-state index in [2.05, 4.69) is 13.0 Å². The number of carboxylic acids is 2. The first-order valence-corrected chi connectivity index (χ1v) is 14.2. The summed E-state index contributed by atoms with van der Waals surface area (Å²) < 4.78 is 0. The zero-order chi connectivity index (χ0) is 26.5. The Morgan fingerprint density at radius 3 is 1.61 bits per heavy atom. The summed E-state index contributed by atoms with van der Waals surface area (Å²) in [7, 11) is 0. The van der Waals surface area contributed by atoms with E-state index in [1.165, 1.54) is 70.6 Å². The van der Waals surface area contributed by atoms with Gasteiger partial charge in [-0.2, -0.15) is 0 Å². The van der Waals surface area contributed by atoms with Crippen LogP contribution >= 0.6 is 0 Å². The number of carboxylic acid groups (broad SMARTS) is 2. The lowest BCUT2D eigenvalue weighted by Gasteiger charge is -2.30. The number of unbranched alkanes of at least 4 members (excludes halogenated alkanes) is 12. The molecule has 4 nitrogen and oxygen atoms in total. The molecule has 36 heavy (non-hydrogen) atoms. The summed E-state index contributed by atoms with van der Waals surface area (Å²) in [5.74, 6) is -2.75. The van der Waals surface area contributed by atoms with Crippen LogP contribution in [0.1, 0.15) is 133 Å². The molecule has 0 fully saturated rings. The van der Waals surface area contributed by atoms with E-state index in [9.17, 15) is 19.8 Å². The van der Waals surface area contributed by atoms with Gasteiger partial charge in [-0.05, 0) is 56.7 Å². The predicted octanol–water partition coefficient (Wildman–Crippen LogP) is 8.92. The lowest BCUT2D eigenvalue weighted by atomic mass is 9.72. The van der Waals surface area contributed by atoms with E-state index in [0.29, 0.717) is 6.42 Å². The van der Waals surface area contributed by atoms with E-state index < -0.39 is 17.9 Å². The van der Waals surface area contributed by atoms with Gasteiger partial charge in [-0.3, -0.25) is 0 Å². The van der Waals surface area contributed by atoms with Crippen LogP contribution in [0.25, 0.3) is 0 Å². The summed E-state index contributed by atoms with van der Waals surface area (Å²) in [5, 5.41) is 20.1. The molecule has 0 aromatic heterocycles. The largest absolute Gasteiger partial charge is 0.478 e. The van der Waals surface area contributed by atoms with Crippen LogP contribution in [0.4, 0.5) is 0 Å². The lowest BCUT2D eigenvalue weighted by Crippen LogP contribution is -2.25. The fourth-order valence-electron chi connectivity index (χ4n) is 5.83. The third-order valence-corrected chi connectivity index (χ3v) is 7.74. The highest BCUT2D eigenvalue weighted by Crippen LogP contribution is 2.44. The number of hydrogen-bond donors (Lipinski definition) is 2. The van der Waals surface area contributed by atoms with Crippen LogP contribution in [0.3, 0.4) is 0 Å². The van der Waals surface area contributed by atoms with E-state index in [1.807, 2.05) is 32.9 Å². The maximum Gasteiger partial charge on any atom is 0.332 e. The van der Waals surface area contributed by atoms with E-state index in [4.69, 9.17) is 0 Å². The molecule has 0 saturated heterocycles. The fourth-order valence-corrected chi connectivity index (χ4v) is 5.83. The van der Waals surface area contributed by atoms with Gasteiger partial charge in [0.2, 0.25) is 0 Å². The van der Waals surface area contributed by atoms with Crippen molar-refractivity contribution >= 4 is 11.9 Å². The van der Waals surface area contributed by atoms with Crippen molar-refractivity contribution in [3.8, 4) is 0 Å². The molecule has 2 N–H and O–H groups in total. The van der Waals surface area contributed by atoms with Crippen molar-refractivity contribution in [3.05, 3.63) is 57.2 Å². The molecular formula is C32H48O4. The number of aryl methyl sites for hydroxylation is 2. The minimum absolute atomic E-state index is 0.235. The molecule has 0 unspecified atom stereocenters. The molecule has 0 bridgehead atoms. The Morgan fingerprint density at radius 1 is 0.722 bits per heavy atom. The minimum Gasteiger partial charge on any atom is -0.478 e. The summed E-state index contributed by atoms with van der Waals surface area (Å²) >= 11 is 0. The zero-order valence-electron chi connectivity index (χ0n) is 23.1. The molecule has 1 aromatic carbocycles. The Labute approximate surface area is 218 Å². The van der Waals surface area contributed by atoms with Crippen molar-refractivity contribution in [2.75, 3.05) is 0 Å². The molecule has 0 spiro atoms. The van der Waals surface area contributed by atoms with Crippen LogP contribution in [-0.2, 0) is 16.0 Å². The molecule has 4 heteroatoms. The van der Waals surface area contributed by atoms with E-state index in [-0.39, 0.29) is 11.1 Å². The highest BCUT2D eigenvalue weighted by atomic mass is 16.4. The van der Waals surface area contributed by atoms with E-state index >= 15 is 0 Å². The minimum atomic E-state index is -1.01. The molecule has 0 heterocycles. The van der Waals surface area contributed by atoms with Crippen LogP contribution in [0, 0.1) is 6.92 Å². The lowest BCUT2D eigenvalue weighted by molar-refractivity contribution is -0.133. The summed E-state index contributed by atoms with van der Waals surface area (Å²) in [4.78, 5) is 24.5. The monoisotopic (exact) mass is 496 g/mol. The summed E-state index contributed by atoms with van der Waals surface area (Å²) in [6.45, 7) is 7.88. The second kappa shape index (κ2) is 15.7. The third kappa shape index (κ3) is 8.64. The van der Waals surface area contributed by atoms with Gasteiger partial charge in [-0.25, -0.2) is 9.59 Å². The van der Waals surface area contributed by atoms with Crippen molar-refractivity contribution in [2.24, 2.45) is 0 Å². The van der Waals surface area contributed by atoms with Gasteiger partial charge in [0.15, 0.2) is 0 Å². The molecule has 2 rings (SSSR count). The van der Waals surface area contributed by atoms with Gasteiger partial charge in [-0.15, -0.1) is 0 Å². The Bertz CT molecular complexity index is 901. The maximum absolute atomic E-state index is 12.3. The zero-order valence-corrected chi connectivity index (χ0v) is 23.1. The van der Waals surface area contributed by atoms with Crippen molar-refractivity contribution in [2.45, 2.75) is 130 Å². The first-order chi connectivity index (χ1) is 17.3. The quantitative estimate of drug-likeness (QED) is 0.211. The van der Waals surface area contributed by atoms with Crippen LogP contribution in [-0.4, -0.2) is 22.2 Å². The number of aliphatic carboxylic acids is 2. The summed E-state index contributed by atoms with van der Waals surface area (Å²) in [6.07, 6.45) is 18.2. The Hall–Kier alpha value is -2.36. The average Bonchev–Trinajstić information content (AvgIpc) is 2.81. The Morgan fingerprint density at radius 2 is 1.17 bits per heavy atom. The van der Waals surface area contributed by atoms with Gasteiger partial charge in [0, 0.05) is 17.1 Å². The van der Waals surface area contributed by atoms with Crippen LogP contribution in [0.5, 0.6) is 0 Å². The number of rotatable bonds is 17. The normalized spacial score (nSPS) is 14.6. The van der Waals surface area contributed by atoms with Gasteiger partial charge in [0.1, 0.15) is 0 Å². The number of allylic oxidation sites excluding steroid dienone is 2. The van der Waals surface area contributed by atoms with Crippen molar-refractivity contribution in [1.82, 2.24) is 0 Å². The molecule has 1 aromatic rings. The van der Waals surface area contributed by atoms with Crippen molar-refractivity contribution in [3.63, 3.8) is 0 Å². The standard InChI is InChI=1S/C32H48O4/c1-5-6-7-8-9-10-11-12-13-14-15-16-17-20-26-21-18-19-23(2)27(26)30-28(31(33)34)24(3)22-25(4)29(30)32(35)36/h18-19,21,30H,5-17,20,22H2,1-4H3,(H,33,34)(H,35,36). The van der Waals surface area contributed by atoms with E-state index in [1.54, 1.807) is 0 Å². The van der Waals surface area contributed by atoms with E-state index in [0.717, 1.165) is 47.1 Å². The second-order valence-corrected chi connectivity index (χ2v) is 10.7. The topological polar surface area (TPSA) is 74.6 Å². The van der Waals surface area contributed by atoms with Gasteiger partial charge in [0.05, 0.1) is 0 Å². The maximum atomic E-state index is 12.3. The molecular weight excluding hydrogens is 448 g/mol. The van der Waals surface area contributed by atoms with Gasteiger partial charge in [0.25, 0.3) is 0 Å². The van der Waals surface area contributed by atoms with Crippen LogP contribution in [0.2, 0.25) is 0 Å². The van der Waals surface area contributed by atoms with Crippen LogP contribution in [0.15, 0.2) is 40.5 Å². The number of benzene rings is 1. The molecule has 1 aliphatic carbocycles. The second-order valence-electron chi connectivity index (χ2n) is 10.7. The highest BCUT2D eigenvalue weighted by molar-refractivity contribution is 5.99. The first kappa shape index (κ1) is 29.9. The summed E-state index contributed by atoms with van der Waals surface area (Å²) in [6, 6.07) is 6.04. The Balaban J connectivity index is 1.95. The molecule has 200 valence electrons. The fraction of sp³-hybridized carbons (Fsp3) is 0.625. The molecule has 0 saturated carbocycles. The highest BCUT2D eigenvalue weighted by Gasteiger charge is 2.37. The SMILES string of the molecule is CCCCCCCCCCCCCCCc1cccc(C)c1C1C(C(=O)O)=C(C)CC(C)=C1C(=O)O. The molecule has 0 amide bonds. The average molecular weight is 497 g/mol. The van der Waals surface area contributed by atoms with Crippen molar-refractivity contribution in [1.29, 1.82) is 0 Å². The van der Waals surface area contributed by atoms with Gasteiger partial charge >= 0.3 is 11.9 Å². The van der Waals surface area contributed by atoms with Gasteiger partial charge < -0.3 is 10.2 Å². The third-order valence-electron chi connectivity index (χ3n) is 7.74. The van der Waals surface area contributed by atoms with Crippen molar-refractivity contribution < 1.29 is 19.8 Å². The predicted molar refractivity (Wildman–Crippen MR) is 149 cm³/mol. The molecule has 0 aliphatic heterocycles. The summed E-state index contributed by atoms with van der Waals surface area (Å²) in [5.41, 5.74) is 4.91. The number of carbonyl (C=O) groups is 2. The number of hydrogen-bond acceptors (Lipinski definition) is 2. The Kier molecular flexibility index (Phi) is 13.0. The molecule has 1 aliphatic rings. The molecule has 0 atom stereocenters. The van der Waals surface area contributed by atoms with Gasteiger partial charge in [-0.1, -0.05) is 113 Å². The van der Waals surface area contributed by atoms with Crippen LogP contribution < -0.4 is 0 Å². The first-order valence-electron chi connectivity index (χ1n) is 14.2.